The van der Waals surface area contributed by atoms with Gasteiger partial charge in [0, 0.05) is 17.0 Å². The minimum atomic E-state index is -0.926. The molecule has 1 amide bonds. The molecule has 0 spiro atoms. The topological polar surface area (TPSA) is 86.4 Å². The van der Waals surface area contributed by atoms with Crippen LogP contribution in [0.25, 0.3) is 11.0 Å². The van der Waals surface area contributed by atoms with Gasteiger partial charge in [0.15, 0.2) is 6.10 Å². The van der Waals surface area contributed by atoms with Crippen LogP contribution in [-0.4, -0.2) is 27.8 Å². The number of ether oxygens (including phenoxy) is 1. The molecule has 0 aliphatic carbocycles. The lowest BCUT2D eigenvalue weighted by molar-refractivity contribution is -0.152. The van der Waals surface area contributed by atoms with Crippen molar-refractivity contribution in [2.45, 2.75) is 59.6 Å². The minimum Gasteiger partial charge on any atom is -0.464 e. The van der Waals surface area contributed by atoms with Crippen molar-refractivity contribution in [2.24, 2.45) is 0 Å². The summed E-state index contributed by atoms with van der Waals surface area (Å²) in [4.78, 5) is 24.8. The molecule has 0 unspecified atom stereocenters. The van der Waals surface area contributed by atoms with Crippen molar-refractivity contribution in [1.82, 2.24) is 9.78 Å². The molecule has 0 saturated heterocycles. The van der Waals surface area contributed by atoms with Gasteiger partial charge in [-0.15, -0.1) is 0 Å². The SMILES string of the molecule is CC[C@@H](C)n1nccc1NC(=O)[C@@H](C)OC(=O)Cc1coc2cc(C)c(C)cc12. The molecule has 2 atom stereocenters. The molecule has 1 N–H and O–H groups in total. The second-order valence-corrected chi connectivity index (χ2v) is 7.41. The van der Waals surface area contributed by atoms with Gasteiger partial charge in [0.2, 0.25) is 0 Å². The van der Waals surface area contributed by atoms with Crippen LogP contribution in [0, 0.1) is 13.8 Å². The summed E-state index contributed by atoms with van der Waals surface area (Å²) in [5.41, 5.74) is 3.73. The molecule has 1 aromatic carbocycles. The highest BCUT2D eigenvalue weighted by Gasteiger charge is 2.21. The Kier molecular flexibility index (Phi) is 6.06. The molecule has 7 nitrogen and oxygen atoms in total. The van der Waals surface area contributed by atoms with Crippen molar-refractivity contribution in [3.8, 4) is 0 Å². The Morgan fingerprint density at radius 3 is 2.69 bits per heavy atom. The van der Waals surface area contributed by atoms with Crippen LogP contribution in [0.4, 0.5) is 5.82 Å². The van der Waals surface area contributed by atoms with Gasteiger partial charge in [-0.3, -0.25) is 9.59 Å². The maximum Gasteiger partial charge on any atom is 0.311 e. The number of furan rings is 1. The smallest absolute Gasteiger partial charge is 0.311 e. The predicted molar refractivity (Wildman–Crippen MR) is 111 cm³/mol. The lowest BCUT2D eigenvalue weighted by Gasteiger charge is -2.16. The lowest BCUT2D eigenvalue weighted by Crippen LogP contribution is -2.31. The van der Waals surface area contributed by atoms with Crippen LogP contribution < -0.4 is 5.32 Å². The van der Waals surface area contributed by atoms with Crippen LogP contribution in [0.3, 0.4) is 0 Å². The van der Waals surface area contributed by atoms with Crippen molar-refractivity contribution < 1.29 is 18.7 Å². The minimum absolute atomic E-state index is 0.0396. The number of carbonyl (C=O) groups excluding carboxylic acids is 2. The van der Waals surface area contributed by atoms with Crippen molar-refractivity contribution in [3.05, 3.63) is 47.3 Å². The highest BCUT2D eigenvalue weighted by Crippen LogP contribution is 2.25. The van der Waals surface area contributed by atoms with Gasteiger partial charge >= 0.3 is 5.97 Å². The van der Waals surface area contributed by atoms with Crippen LogP contribution in [-0.2, 0) is 20.7 Å². The summed E-state index contributed by atoms with van der Waals surface area (Å²) in [6, 6.07) is 5.83. The number of hydrogen-bond acceptors (Lipinski definition) is 5. The number of benzene rings is 1. The van der Waals surface area contributed by atoms with Crippen LogP contribution in [0.5, 0.6) is 0 Å². The third-order valence-electron chi connectivity index (χ3n) is 5.21. The number of hydrogen-bond donors (Lipinski definition) is 1. The zero-order valence-electron chi connectivity index (χ0n) is 17.5. The van der Waals surface area contributed by atoms with Crippen LogP contribution in [0.15, 0.2) is 35.1 Å². The Morgan fingerprint density at radius 2 is 1.97 bits per heavy atom. The Morgan fingerprint density at radius 1 is 1.24 bits per heavy atom. The van der Waals surface area contributed by atoms with E-state index in [4.69, 9.17) is 9.15 Å². The van der Waals surface area contributed by atoms with Gasteiger partial charge in [-0.2, -0.15) is 5.10 Å². The Balaban J connectivity index is 1.63. The van der Waals surface area contributed by atoms with E-state index in [-0.39, 0.29) is 12.5 Å². The first kappa shape index (κ1) is 20.6. The van der Waals surface area contributed by atoms with E-state index in [9.17, 15) is 9.59 Å². The van der Waals surface area contributed by atoms with Crippen molar-refractivity contribution in [2.75, 3.05) is 5.32 Å². The molecule has 29 heavy (non-hydrogen) atoms. The molecule has 0 radical (unpaired) electrons. The highest BCUT2D eigenvalue weighted by atomic mass is 16.5. The summed E-state index contributed by atoms with van der Waals surface area (Å²) in [5, 5.41) is 7.90. The van der Waals surface area contributed by atoms with Gasteiger partial charge in [0.1, 0.15) is 11.4 Å². The average molecular weight is 397 g/mol. The normalized spacial score (nSPS) is 13.3. The lowest BCUT2D eigenvalue weighted by atomic mass is 10.0. The van der Waals surface area contributed by atoms with Crippen LogP contribution in [0.1, 0.15) is 49.9 Å². The number of nitrogens with zero attached hydrogens (tertiary/aromatic N) is 2. The number of carbonyl (C=O) groups is 2. The number of rotatable bonds is 7. The standard InChI is InChI=1S/C22H27N3O4/c1-6-15(4)25-20(7-8-23-25)24-22(27)16(5)29-21(26)11-17-12-28-19-10-14(3)13(2)9-18(17)19/h7-10,12,15-16H,6,11H2,1-5H3,(H,24,27)/t15-,16-/m1/s1. The quantitative estimate of drug-likeness (QED) is 0.600. The Labute approximate surface area is 170 Å². The summed E-state index contributed by atoms with van der Waals surface area (Å²) in [6.45, 7) is 9.65. The van der Waals surface area contributed by atoms with E-state index in [1.54, 1.807) is 30.1 Å². The number of anilines is 1. The number of esters is 1. The molecule has 0 aliphatic heterocycles. The molecule has 7 heteroatoms. The van der Waals surface area contributed by atoms with E-state index in [1.165, 1.54) is 0 Å². The first-order valence-corrected chi connectivity index (χ1v) is 9.81. The first-order chi connectivity index (χ1) is 13.8. The zero-order valence-corrected chi connectivity index (χ0v) is 17.5. The zero-order chi connectivity index (χ0) is 21.1. The van der Waals surface area contributed by atoms with Gasteiger partial charge in [0.05, 0.1) is 24.9 Å². The maximum absolute atomic E-state index is 12.5. The molecule has 3 aromatic rings. The largest absolute Gasteiger partial charge is 0.464 e. The summed E-state index contributed by atoms with van der Waals surface area (Å²) in [7, 11) is 0. The fourth-order valence-electron chi connectivity index (χ4n) is 3.09. The number of aromatic nitrogens is 2. The summed E-state index contributed by atoms with van der Waals surface area (Å²) < 4.78 is 12.6. The number of amides is 1. The second kappa shape index (κ2) is 8.51. The van der Waals surface area contributed by atoms with Crippen LogP contribution >= 0.6 is 0 Å². The number of nitrogens with one attached hydrogen (secondary N) is 1. The first-order valence-electron chi connectivity index (χ1n) is 9.81. The molecule has 3 rings (SSSR count). The molecule has 0 saturated carbocycles. The van der Waals surface area contributed by atoms with E-state index in [1.807, 2.05) is 39.8 Å². The molecule has 2 aromatic heterocycles. The van der Waals surface area contributed by atoms with E-state index < -0.39 is 18.0 Å². The summed E-state index contributed by atoms with van der Waals surface area (Å²) in [6.07, 6.45) is 3.20. The summed E-state index contributed by atoms with van der Waals surface area (Å²) >= 11 is 0. The second-order valence-electron chi connectivity index (χ2n) is 7.41. The van der Waals surface area contributed by atoms with Gasteiger partial charge in [-0.1, -0.05) is 6.92 Å². The number of fused-ring (bicyclic) bond motifs is 1. The number of aryl methyl sites for hydroxylation is 2. The van der Waals surface area contributed by atoms with Gasteiger partial charge in [0.25, 0.3) is 5.91 Å². The Hall–Kier alpha value is -3.09. The Bertz CT molecular complexity index is 1030. The van der Waals surface area contributed by atoms with Crippen molar-refractivity contribution in [3.63, 3.8) is 0 Å². The fourth-order valence-corrected chi connectivity index (χ4v) is 3.09. The molecule has 154 valence electrons. The molecular weight excluding hydrogens is 370 g/mol. The van der Waals surface area contributed by atoms with Crippen molar-refractivity contribution in [1.29, 1.82) is 0 Å². The van der Waals surface area contributed by atoms with Gasteiger partial charge < -0.3 is 14.5 Å². The van der Waals surface area contributed by atoms with Crippen LogP contribution in [0.2, 0.25) is 0 Å². The van der Waals surface area contributed by atoms with Crippen molar-refractivity contribution >= 4 is 28.7 Å². The van der Waals surface area contributed by atoms with E-state index in [0.717, 1.165) is 34.1 Å². The van der Waals surface area contributed by atoms with E-state index in [2.05, 4.69) is 10.4 Å². The third kappa shape index (κ3) is 4.50. The molecule has 0 aliphatic rings. The fraction of sp³-hybridized carbons (Fsp3) is 0.409. The monoisotopic (exact) mass is 397 g/mol. The molecule has 2 heterocycles. The van der Waals surface area contributed by atoms with Gasteiger partial charge in [-0.05, 0) is 57.4 Å². The average Bonchev–Trinajstić information content (AvgIpc) is 3.29. The van der Waals surface area contributed by atoms with E-state index in [0.29, 0.717) is 5.82 Å². The molecular formula is C22H27N3O4. The molecule has 0 bridgehead atoms. The van der Waals surface area contributed by atoms with Gasteiger partial charge in [-0.25, -0.2) is 4.68 Å². The highest BCUT2D eigenvalue weighted by molar-refractivity contribution is 5.95. The van der Waals surface area contributed by atoms with E-state index >= 15 is 0 Å². The summed E-state index contributed by atoms with van der Waals surface area (Å²) in [5.74, 6) is -0.296. The third-order valence-corrected chi connectivity index (χ3v) is 5.21. The maximum atomic E-state index is 12.5. The predicted octanol–water partition coefficient (Wildman–Crippen LogP) is 4.33. The molecule has 0 fully saturated rings.